The monoisotopic (exact) mass is 308 g/mol. The molecule has 1 amide bonds. The van der Waals surface area contributed by atoms with Crippen LogP contribution >= 0.6 is 0 Å². The molecule has 7 heteroatoms. The number of carbonyl (C=O) groups excluding carboxylic acids is 2. The Morgan fingerprint density at radius 3 is 2.82 bits per heavy atom. The van der Waals surface area contributed by atoms with Gasteiger partial charge >= 0.3 is 5.97 Å². The summed E-state index contributed by atoms with van der Waals surface area (Å²) >= 11 is 0. The zero-order valence-electron chi connectivity index (χ0n) is 11.9. The van der Waals surface area contributed by atoms with Gasteiger partial charge in [-0.2, -0.15) is 5.10 Å². The summed E-state index contributed by atoms with van der Waals surface area (Å²) < 4.78 is 32.3. The maximum Gasteiger partial charge on any atom is 0.355 e. The molecule has 1 atom stereocenters. The van der Waals surface area contributed by atoms with Crippen molar-refractivity contribution in [2.45, 2.75) is 31.8 Å². The second-order valence-corrected chi connectivity index (χ2v) is 5.35. The molecular formula is C15H14F2N2O3. The summed E-state index contributed by atoms with van der Waals surface area (Å²) in [6.07, 6.45) is 0.514. The molecule has 116 valence electrons. The number of hydrogen-bond donors (Lipinski definition) is 0. The maximum atomic E-state index is 13.7. The lowest BCUT2D eigenvalue weighted by Crippen LogP contribution is -2.32. The Labute approximate surface area is 125 Å². The van der Waals surface area contributed by atoms with Crippen LogP contribution in [0.4, 0.5) is 8.78 Å². The minimum absolute atomic E-state index is 0.146. The Balaban J connectivity index is 1.78. The number of hydrogen-bond acceptors (Lipinski definition) is 4. The van der Waals surface area contributed by atoms with Crippen LogP contribution in [-0.2, 0) is 20.7 Å². The molecule has 0 fully saturated rings. The van der Waals surface area contributed by atoms with Crippen molar-refractivity contribution in [3.8, 4) is 0 Å². The van der Waals surface area contributed by atoms with E-state index in [-0.39, 0.29) is 24.5 Å². The van der Waals surface area contributed by atoms with Gasteiger partial charge in [0.2, 0.25) is 5.91 Å². The average molecular weight is 308 g/mol. The van der Waals surface area contributed by atoms with Crippen molar-refractivity contribution in [2.75, 3.05) is 7.05 Å². The largest absolute Gasteiger partial charge is 0.453 e. The molecule has 1 aliphatic heterocycles. The summed E-state index contributed by atoms with van der Waals surface area (Å²) in [5.41, 5.74) is 0.899. The topological polar surface area (TPSA) is 59.0 Å². The van der Waals surface area contributed by atoms with E-state index in [1.807, 2.05) is 0 Å². The Kier molecular flexibility index (Phi) is 3.64. The first kappa shape index (κ1) is 14.6. The van der Waals surface area contributed by atoms with Crippen molar-refractivity contribution < 1.29 is 23.1 Å². The van der Waals surface area contributed by atoms with Gasteiger partial charge in [0, 0.05) is 31.5 Å². The Morgan fingerprint density at radius 1 is 1.32 bits per heavy atom. The van der Waals surface area contributed by atoms with Crippen LogP contribution in [0.15, 0.2) is 17.2 Å². The SMILES string of the molecule is CN1N=C(C(=O)OC2CCc3c(F)cc(F)cc32)CCC1=O. The van der Waals surface area contributed by atoms with Crippen LogP contribution < -0.4 is 0 Å². The number of rotatable bonds is 2. The lowest BCUT2D eigenvalue weighted by Gasteiger charge is -2.20. The van der Waals surface area contributed by atoms with E-state index in [9.17, 15) is 18.4 Å². The van der Waals surface area contributed by atoms with E-state index in [4.69, 9.17) is 4.74 Å². The molecule has 2 aliphatic rings. The number of carbonyl (C=O) groups is 2. The molecule has 5 nitrogen and oxygen atoms in total. The van der Waals surface area contributed by atoms with Gasteiger partial charge in [-0.15, -0.1) is 0 Å². The molecule has 1 aliphatic carbocycles. The van der Waals surface area contributed by atoms with E-state index in [0.717, 1.165) is 11.1 Å². The third-order valence-electron chi connectivity index (χ3n) is 3.89. The number of ether oxygens (including phenoxy) is 1. The fourth-order valence-corrected chi connectivity index (χ4v) is 2.74. The highest BCUT2D eigenvalue weighted by Gasteiger charge is 2.31. The van der Waals surface area contributed by atoms with Gasteiger partial charge in [0.05, 0.1) is 0 Å². The maximum absolute atomic E-state index is 13.7. The lowest BCUT2D eigenvalue weighted by atomic mass is 10.1. The van der Waals surface area contributed by atoms with Gasteiger partial charge in [-0.25, -0.2) is 18.6 Å². The van der Waals surface area contributed by atoms with E-state index >= 15 is 0 Å². The highest BCUT2D eigenvalue weighted by molar-refractivity contribution is 6.37. The van der Waals surface area contributed by atoms with E-state index in [1.54, 1.807) is 0 Å². The van der Waals surface area contributed by atoms with Crippen molar-refractivity contribution in [1.82, 2.24) is 5.01 Å². The summed E-state index contributed by atoms with van der Waals surface area (Å²) in [6.45, 7) is 0. The number of nitrogens with zero attached hydrogens (tertiary/aromatic N) is 2. The number of halogens is 2. The van der Waals surface area contributed by atoms with Gasteiger partial charge in [0.1, 0.15) is 23.5 Å². The highest BCUT2D eigenvalue weighted by atomic mass is 19.1. The van der Waals surface area contributed by atoms with Gasteiger partial charge in [-0.1, -0.05) is 0 Å². The van der Waals surface area contributed by atoms with Crippen molar-refractivity contribution in [1.29, 1.82) is 0 Å². The average Bonchev–Trinajstić information content (AvgIpc) is 2.85. The van der Waals surface area contributed by atoms with Crippen molar-refractivity contribution in [2.24, 2.45) is 5.10 Å². The van der Waals surface area contributed by atoms with Gasteiger partial charge < -0.3 is 4.74 Å². The van der Waals surface area contributed by atoms with Crippen molar-refractivity contribution in [3.05, 3.63) is 34.9 Å². The van der Waals surface area contributed by atoms with Crippen LogP contribution in [0.2, 0.25) is 0 Å². The van der Waals surface area contributed by atoms with E-state index in [0.29, 0.717) is 24.0 Å². The fraction of sp³-hybridized carbons (Fsp3) is 0.400. The predicted octanol–water partition coefficient (Wildman–Crippen LogP) is 2.10. The van der Waals surface area contributed by atoms with E-state index < -0.39 is 23.7 Å². The molecule has 0 N–H and O–H groups in total. The van der Waals surface area contributed by atoms with Crippen LogP contribution in [0.3, 0.4) is 0 Å². The second-order valence-electron chi connectivity index (χ2n) is 5.35. The van der Waals surface area contributed by atoms with Crippen LogP contribution in [0, 0.1) is 11.6 Å². The number of esters is 1. The molecule has 0 spiro atoms. The lowest BCUT2D eigenvalue weighted by molar-refractivity contribution is -0.141. The minimum Gasteiger partial charge on any atom is -0.453 e. The van der Waals surface area contributed by atoms with Crippen LogP contribution in [0.1, 0.15) is 36.5 Å². The second kappa shape index (κ2) is 5.47. The van der Waals surface area contributed by atoms with Crippen LogP contribution in [0.5, 0.6) is 0 Å². The molecule has 22 heavy (non-hydrogen) atoms. The van der Waals surface area contributed by atoms with Crippen LogP contribution in [0.25, 0.3) is 0 Å². The first-order chi connectivity index (χ1) is 10.5. The highest BCUT2D eigenvalue weighted by Crippen LogP contribution is 2.36. The molecule has 1 aromatic carbocycles. The first-order valence-corrected chi connectivity index (χ1v) is 6.98. The van der Waals surface area contributed by atoms with Gasteiger partial charge in [-0.3, -0.25) is 4.79 Å². The van der Waals surface area contributed by atoms with Crippen molar-refractivity contribution in [3.63, 3.8) is 0 Å². The molecule has 0 saturated heterocycles. The molecule has 1 heterocycles. The molecular weight excluding hydrogens is 294 g/mol. The smallest absolute Gasteiger partial charge is 0.355 e. The number of amides is 1. The number of fused-ring (bicyclic) bond motifs is 1. The number of hydrazone groups is 1. The normalized spacial score (nSPS) is 20.7. The molecule has 0 radical (unpaired) electrons. The molecule has 1 aromatic rings. The predicted molar refractivity (Wildman–Crippen MR) is 73.0 cm³/mol. The Bertz CT molecular complexity index is 688. The molecule has 1 unspecified atom stereocenters. The van der Waals surface area contributed by atoms with Gasteiger partial charge in [0.25, 0.3) is 0 Å². The third-order valence-corrected chi connectivity index (χ3v) is 3.89. The Hall–Kier alpha value is -2.31. The van der Waals surface area contributed by atoms with Gasteiger partial charge in [-0.05, 0) is 24.5 Å². The zero-order valence-corrected chi connectivity index (χ0v) is 11.9. The summed E-state index contributed by atoms with van der Waals surface area (Å²) in [5, 5.41) is 4.97. The zero-order chi connectivity index (χ0) is 15.9. The first-order valence-electron chi connectivity index (χ1n) is 6.98. The van der Waals surface area contributed by atoms with Gasteiger partial charge in [0.15, 0.2) is 0 Å². The molecule has 0 bridgehead atoms. The number of benzene rings is 1. The summed E-state index contributed by atoms with van der Waals surface area (Å²) in [7, 11) is 1.46. The summed E-state index contributed by atoms with van der Waals surface area (Å²) in [4.78, 5) is 23.4. The van der Waals surface area contributed by atoms with Crippen LogP contribution in [-0.4, -0.2) is 29.6 Å². The molecule has 0 aromatic heterocycles. The molecule has 0 saturated carbocycles. The summed E-state index contributed by atoms with van der Waals surface area (Å²) in [5.74, 6) is -2.14. The quantitative estimate of drug-likeness (QED) is 0.786. The standard InChI is InChI=1S/C15H14F2N2O3/c1-19-14(20)5-3-12(18-19)15(21)22-13-4-2-9-10(13)6-8(16)7-11(9)17/h6-7,13H,2-5H2,1H3. The third kappa shape index (κ3) is 2.58. The van der Waals surface area contributed by atoms with E-state index in [1.165, 1.54) is 13.1 Å². The Morgan fingerprint density at radius 2 is 2.09 bits per heavy atom. The van der Waals surface area contributed by atoms with E-state index in [2.05, 4.69) is 5.10 Å². The minimum atomic E-state index is -0.695. The molecule has 3 rings (SSSR count). The summed E-state index contributed by atoms with van der Waals surface area (Å²) in [6, 6.07) is 2.02. The van der Waals surface area contributed by atoms with Crippen molar-refractivity contribution >= 4 is 17.6 Å². The fourth-order valence-electron chi connectivity index (χ4n) is 2.74.